The van der Waals surface area contributed by atoms with E-state index in [1.807, 2.05) is 41.1 Å². The van der Waals surface area contributed by atoms with Crippen LogP contribution >= 0.6 is 11.8 Å². The number of nitrogens with one attached hydrogen (secondary N) is 1. The van der Waals surface area contributed by atoms with E-state index < -0.39 is 0 Å². The molecule has 1 amide bonds. The number of nitrogens with zero attached hydrogens (tertiary/aromatic N) is 2. The summed E-state index contributed by atoms with van der Waals surface area (Å²) in [7, 11) is 0. The van der Waals surface area contributed by atoms with Crippen molar-refractivity contribution in [1.29, 1.82) is 0 Å². The fourth-order valence-electron chi connectivity index (χ4n) is 2.32. The Bertz CT molecular complexity index is 843. The van der Waals surface area contributed by atoms with Crippen LogP contribution in [0.15, 0.2) is 66.1 Å². The van der Waals surface area contributed by atoms with Gasteiger partial charge < -0.3 is 5.32 Å². The Morgan fingerprint density at radius 3 is 2.67 bits per heavy atom. The van der Waals surface area contributed by atoms with Crippen molar-refractivity contribution < 1.29 is 4.79 Å². The maximum Gasteiger partial charge on any atom is 0.234 e. The zero-order chi connectivity index (χ0) is 16.9. The molecule has 3 rings (SSSR count). The molecular formula is C19H19N3OS. The van der Waals surface area contributed by atoms with E-state index in [2.05, 4.69) is 42.3 Å². The Hall–Kier alpha value is -2.53. The molecule has 24 heavy (non-hydrogen) atoms. The zero-order valence-corrected chi connectivity index (χ0v) is 14.5. The molecule has 0 saturated heterocycles. The second-order valence-corrected chi connectivity index (χ2v) is 6.49. The number of thioether (sulfide) groups is 1. The van der Waals surface area contributed by atoms with Gasteiger partial charge >= 0.3 is 0 Å². The van der Waals surface area contributed by atoms with Gasteiger partial charge in [-0.3, -0.25) is 9.36 Å². The normalized spacial score (nSPS) is 10.6. The van der Waals surface area contributed by atoms with E-state index in [1.54, 1.807) is 6.20 Å². The first kappa shape index (κ1) is 16.3. The van der Waals surface area contributed by atoms with Gasteiger partial charge in [0.05, 0.1) is 5.75 Å². The van der Waals surface area contributed by atoms with E-state index >= 15 is 0 Å². The number of aromatic nitrogens is 2. The number of anilines is 1. The van der Waals surface area contributed by atoms with Gasteiger partial charge in [-0.05, 0) is 49.2 Å². The van der Waals surface area contributed by atoms with Gasteiger partial charge in [-0.1, -0.05) is 36.0 Å². The van der Waals surface area contributed by atoms with Crippen LogP contribution in [0.5, 0.6) is 0 Å². The summed E-state index contributed by atoms with van der Waals surface area (Å²) in [5, 5.41) is 3.69. The third-order valence-electron chi connectivity index (χ3n) is 3.77. The lowest BCUT2D eigenvalue weighted by Gasteiger charge is -2.10. The average Bonchev–Trinajstić information content (AvgIpc) is 3.05. The molecule has 0 aliphatic heterocycles. The predicted octanol–water partition coefficient (Wildman–Crippen LogP) is 4.22. The molecule has 0 spiro atoms. The van der Waals surface area contributed by atoms with E-state index in [1.165, 1.54) is 22.9 Å². The summed E-state index contributed by atoms with van der Waals surface area (Å²) < 4.78 is 2.01. The third-order valence-corrected chi connectivity index (χ3v) is 4.73. The van der Waals surface area contributed by atoms with Gasteiger partial charge in [0.15, 0.2) is 5.16 Å². The van der Waals surface area contributed by atoms with Crippen molar-refractivity contribution in [3.63, 3.8) is 0 Å². The summed E-state index contributed by atoms with van der Waals surface area (Å²) in [6.07, 6.45) is 3.67. The number of carbonyl (C=O) groups excluding carboxylic acids is 1. The number of amides is 1. The lowest BCUT2D eigenvalue weighted by Crippen LogP contribution is -2.14. The highest BCUT2D eigenvalue weighted by molar-refractivity contribution is 7.99. The van der Waals surface area contributed by atoms with Crippen molar-refractivity contribution in [3.05, 3.63) is 72.1 Å². The topological polar surface area (TPSA) is 46.9 Å². The van der Waals surface area contributed by atoms with Crippen molar-refractivity contribution in [3.8, 4) is 5.69 Å². The van der Waals surface area contributed by atoms with E-state index in [9.17, 15) is 4.79 Å². The molecule has 0 fully saturated rings. The van der Waals surface area contributed by atoms with Crippen LogP contribution in [-0.2, 0) is 4.79 Å². The minimum absolute atomic E-state index is 0.0409. The second-order valence-electron chi connectivity index (χ2n) is 5.55. The fourth-order valence-corrected chi connectivity index (χ4v) is 3.09. The van der Waals surface area contributed by atoms with Crippen LogP contribution in [0.2, 0.25) is 0 Å². The molecule has 3 aromatic rings. The summed E-state index contributed by atoms with van der Waals surface area (Å²) in [6.45, 7) is 4.19. The molecule has 0 bridgehead atoms. The molecule has 4 nitrogen and oxygen atoms in total. The number of carbonyl (C=O) groups is 1. The number of imidazole rings is 1. The summed E-state index contributed by atoms with van der Waals surface area (Å²) in [4.78, 5) is 16.5. The van der Waals surface area contributed by atoms with Gasteiger partial charge in [-0.2, -0.15) is 0 Å². The van der Waals surface area contributed by atoms with Crippen LogP contribution in [0.1, 0.15) is 11.1 Å². The summed E-state index contributed by atoms with van der Waals surface area (Å²) in [5.74, 6) is 0.275. The zero-order valence-electron chi connectivity index (χ0n) is 13.7. The predicted molar refractivity (Wildman–Crippen MR) is 98.8 cm³/mol. The number of rotatable bonds is 5. The second kappa shape index (κ2) is 7.36. The van der Waals surface area contributed by atoms with E-state index in [0.717, 1.165) is 16.5 Å². The van der Waals surface area contributed by atoms with Crippen LogP contribution in [0.25, 0.3) is 5.69 Å². The molecule has 1 aromatic heterocycles. The maximum atomic E-state index is 12.1. The molecule has 5 heteroatoms. The van der Waals surface area contributed by atoms with Crippen LogP contribution in [-0.4, -0.2) is 21.2 Å². The molecule has 0 radical (unpaired) electrons. The molecule has 0 aliphatic carbocycles. The van der Waals surface area contributed by atoms with Crippen molar-refractivity contribution in [2.45, 2.75) is 19.0 Å². The first-order valence-corrected chi connectivity index (χ1v) is 8.71. The Morgan fingerprint density at radius 1 is 1.12 bits per heavy atom. The average molecular weight is 337 g/mol. The summed E-state index contributed by atoms with van der Waals surface area (Å²) >= 11 is 1.43. The monoisotopic (exact) mass is 337 g/mol. The van der Waals surface area contributed by atoms with Crippen molar-refractivity contribution >= 4 is 23.4 Å². The number of aryl methyl sites for hydroxylation is 2. The number of benzene rings is 2. The van der Waals surface area contributed by atoms with E-state index in [-0.39, 0.29) is 5.91 Å². The number of hydrogen-bond donors (Lipinski definition) is 1. The van der Waals surface area contributed by atoms with Crippen molar-refractivity contribution in [2.75, 3.05) is 11.1 Å². The summed E-state index contributed by atoms with van der Waals surface area (Å²) in [5.41, 5.74) is 4.36. The first-order valence-electron chi connectivity index (χ1n) is 7.72. The quantitative estimate of drug-likeness (QED) is 0.709. The highest BCUT2D eigenvalue weighted by Crippen LogP contribution is 2.22. The molecule has 0 unspecified atom stereocenters. The van der Waals surface area contributed by atoms with Gasteiger partial charge in [0.2, 0.25) is 5.91 Å². The molecule has 0 aliphatic rings. The molecule has 122 valence electrons. The van der Waals surface area contributed by atoms with E-state index in [4.69, 9.17) is 0 Å². The van der Waals surface area contributed by atoms with Crippen LogP contribution in [0.3, 0.4) is 0 Å². The van der Waals surface area contributed by atoms with Gasteiger partial charge in [0.1, 0.15) is 0 Å². The third kappa shape index (κ3) is 3.86. The van der Waals surface area contributed by atoms with Crippen molar-refractivity contribution in [1.82, 2.24) is 9.55 Å². The fraction of sp³-hybridized carbons (Fsp3) is 0.158. The first-order chi connectivity index (χ1) is 11.6. The maximum absolute atomic E-state index is 12.1. The molecule has 1 N–H and O–H groups in total. The van der Waals surface area contributed by atoms with Crippen LogP contribution in [0.4, 0.5) is 5.69 Å². The van der Waals surface area contributed by atoms with Gasteiger partial charge in [-0.15, -0.1) is 0 Å². The smallest absolute Gasteiger partial charge is 0.234 e. The standard InChI is InChI=1S/C19H19N3OS/c1-14-8-9-17(12-15(14)2)22-11-10-20-19(22)24-13-18(23)21-16-6-4-3-5-7-16/h3-12H,13H2,1-2H3,(H,21,23). The molecule has 2 aromatic carbocycles. The Morgan fingerprint density at radius 2 is 1.92 bits per heavy atom. The molecule has 0 saturated carbocycles. The van der Waals surface area contributed by atoms with Crippen LogP contribution < -0.4 is 5.32 Å². The SMILES string of the molecule is Cc1ccc(-n2ccnc2SCC(=O)Nc2ccccc2)cc1C. The number of para-hydroxylation sites is 1. The van der Waals surface area contributed by atoms with Crippen LogP contribution in [0, 0.1) is 13.8 Å². The minimum atomic E-state index is -0.0409. The van der Waals surface area contributed by atoms with Gasteiger partial charge in [-0.25, -0.2) is 4.98 Å². The largest absolute Gasteiger partial charge is 0.325 e. The Kier molecular flexibility index (Phi) is 5.01. The Balaban J connectivity index is 1.67. The van der Waals surface area contributed by atoms with Gasteiger partial charge in [0, 0.05) is 23.8 Å². The molecule has 0 atom stereocenters. The van der Waals surface area contributed by atoms with Crippen molar-refractivity contribution in [2.24, 2.45) is 0 Å². The summed E-state index contributed by atoms with van der Waals surface area (Å²) in [6, 6.07) is 15.8. The highest BCUT2D eigenvalue weighted by Gasteiger charge is 2.10. The lowest BCUT2D eigenvalue weighted by atomic mass is 10.1. The molecule has 1 heterocycles. The lowest BCUT2D eigenvalue weighted by molar-refractivity contribution is -0.113. The van der Waals surface area contributed by atoms with Gasteiger partial charge in [0.25, 0.3) is 0 Å². The van der Waals surface area contributed by atoms with E-state index in [0.29, 0.717) is 5.75 Å². The molecular weight excluding hydrogens is 318 g/mol. The highest BCUT2D eigenvalue weighted by atomic mass is 32.2. The minimum Gasteiger partial charge on any atom is -0.325 e. The number of hydrogen-bond acceptors (Lipinski definition) is 3. The Labute approximate surface area is 145 Å².